The van der Waals surface area contributed by atoms with Gasteiger partial charge in [0.2, 0.25) is 5.91 Å². The number of carbonyl (C=O) groups is 1. The van der Waals surface area contributed by atoms with Crippen LogP contribution in [-0.2, 0) is 16.0 Å². The van der Waals surface area contributed by atoms with E-state index in [1.54, 1.807) is 6.92 Å². The predicted molar refractivity (Wildman–Crippen MR) is 76.1 cm³/mol. The second-order valence-corrected chi connectivity index (χ2v) is 5.58. The number of hydrogen-bond donors (Lipinski definition) is 3. The van der Waals surface area contributed by atoms with Crippen LogP contribution < -0.4 is 11.1 Å². The van der Waals surface area contributed by atoms with Crippen LogP contribution in [0, 0.1) is 5.41 Å². The average Bonchev–Trinajstić information content (AvgIpc) is 2.80. The minimum absolute atomic E-state index is 0.104. The molecule has 0 radical (unpaired) electrons. The first kappa shape index (κ1) is 15.0. The summed E-state index contributed by atoms with van der Waals surface area (Å²) in [6.45, 7) is 2.42. The van der Waals surface area contributed by atoms with Crippen LogP contribution in [0.5, 0.6) is 0 Å². The highest BCUT2D eigenvalue weighted by atomic mass is 16.5. The number of aliphatic hydroxyl groups is 1. The second-order valence-electron chi connectivity index (χ2n) is 5.58. The number of aliphatic hydroxyl groups excluding tert-OH is 1. The Morgan fingerprint density at radius 1 is 1.55 bits per heavy atom. The summed E-state index contributed by atoms with van der Waals surface area (Å²) < 4.78 is 5.28. The Hall–Kier alpha value is -1.43. The van der Waals surface area contributed by atoms with Crippen molar-refractivity contribution >= 4 is 5.91 Å². The molecule has 5 heteroatoms. The molecule has 0 bridgehead atoms. The Balaban J connectivity index is 1.98. The standard InChI is InChI=1S/C15H22N2O3/c1-15(10-20-9-13(15)16)14(19)17-12(8-18)7-11-5-3-2-4-6-11/h2-6,12-13,18H,7-10,16H2,1H3,(H,17,19). The quantitative estimate of drug-likeness (QED) is 0.711. The van der Waals surface area contributed by atoms with E-state index in [9.17, 15) is 9.90 Å². The number of nitrogens with one attached hydrogen (secondary N) is 1. The molecule has 1 aromatic rings. The van der Waals surface area contributed by atoms with E-state index in [4.69, 9.17) is 10.5 Å². The van der Waals surface area contributed by atoms with Crippen molar-refractivity contribution in [2.75, 3.05) is 19.8 Å². The Labute approximate surface area is 119 Å². The molecule has 1 saturated heterocycles. The smallest absolute Gasteiger partial charge is 0.230 e. The summed E-state index contributed by atoms with van der Waals surface area (Å²) in [5, 5.41) is 12.3. The highest BCUT2D eigenvalue weighted by Gasteiger charge is 2.44. The molecule has 20 heavy (non-hydrogen) atoms. The Morgan fingerprint density at radius 3 is 2.80 bits per heavy atom. The number of amides is 1. The molecule has 0 spiro atoms. The van der Waals surface area contributed by atoms with Crippen molar-refractivity contribution < 1.29 is 14.6 Å². The van der Waals surface area contributed by atoms with Crippen molar-refractivity contribution in [3.05, 3.63) is 35.9 Å². The Kier molecular flexibility index (Phi) is 4.75. The van der Waals surface area contributed by atoms with Gasteiger partial charge in [-0.1, -0.05) is 30.3 Å². The average molecular weight is 278 g/mol. The van der Waals surface area contributed by atoms with Crippen molar-refractivity contribution in [1.29, 1.82) is 0 Å². The zero-order chi connectivity index (χ0) is 14.6. The van der Waals surface area contributed by atoms with E-state index in [0.717, 1.165) is 5.56 Å². The van der Waals surface area contributed by atoms with Crippen LogP contribution in [0.3, 0.4) is 0 Å². The molecule has 0 aromatic heterocycles. The SMILES string of the molecule is CC1(C(=O)NC(CO)Cc2ccccc2)COCC1N. The summed E-state index contributed by atoms with van der Waals surface area (Å²) in [4.78, 5) is 12.4. The molecule has 3 atom stereocenters. The maximum Gasteiger partial charge on any atom is 0.230 e. The molecule has 1 aromatic carbocycles. The molecule has 5 nitrogen and oxygen atoms in total. The van der Waals surface area contributed by atoms with Crippen LogP contribution in [0.15, 0.2) is 30.3 Å². The lowest BCUT2D eigenvalue weighted by atomic mass is 9.84. The molecule has 1 fully saturated rings. The first-order valence-electron chi connectivity index (χ1n) is 6.85. The minimum atomic E-state index is -0.718. The third-order valence-corrected chi connectivity index (χ3v) is 3.92. The van der Waals surface area contributed by atoms with Crippen LogP contribution >= 0.6 is 0 Å². The van der Waals surface area contributed by atoms with Gasteiger partial charge >= 0.3 is 0 Å². The Morgan fingerprint density at radius 2 is 2.25 bits per heavy atom. The van der Waals surface area contributed by atoms with E-state index < -0.39 is 5.41 Å². The summed E-state index contributed by atoms with van der Waals surface area (Å²) >= 11 is 0. The number of rotatable bonds is 5. The molecule has 2 rings (SSSR count). The first-order chi connectivity index (χ1) is 9.56. The van der Waals surface area contributed by atoms with E-state index in [-0.39, 0.29) is 24.6 Å². The number of ether oxygens (including phenoxy) is 1. The second kappa shape index (κ2) is 6.35. The van der Waals surface area contributed by atoms with Crippen LogP contribution in [0.1, 0.15) is 12.5 Å². The van der Waals surface area contributed by atoms with Gasteiger partial charge in [0.1, 0.15) is 0 Å². The minimum Gasteiger partial charge on any atom is -0.394 e. The van der Waals surface area contributed by atoms with Crippen molar-refractivity contribution in [2.24, 2.45) is 11.1 Å². The molecule has 110 valence electrons. The van der Waals surface area contributed by atoms with E-state index >= 15 is 0 Å². The molecule has 1 aliphatic heterocycles. The predicted octanol–water partition coefficient (Wildman–Crippen LogP) is 0.0700. The van der Waals surface area contributed by atoms with Crippen molar-refractivity contribution in [1.82, 2.24) is 5.32 Å². The van der Waals surface area contributed by atoms with Crippen molar-refractivity contribution in [3.8, 4) is 0 Å². The van der Waals surface area contributed by atoms with Gasteiger partial charge in [0, 0.05) is 6.04 Å². The lowest BCUT2D eigenvalue weighted by molar-refractivity contribution is -0.131. The monoisotopic (exact) mass is 278 g/mol. The fourth-order valence-electron chi connectivity index (χ4n) is 2.33. The van der Waals surface area contributed by atoms with Crippen LogP contribution in [0.2, 0.25) is 0 Å². The van der Waals surface area contributed by atoms with E-state index in [1.165, 1.54) is 0 Å². The maximum absolute atomic E-state index is 12.4. The molecule has 4 N–H and O–H groups in total. The van der Waals surface area contributed by atoms with Gasteiger partial charge in [0.05, 0.1) is 31.3 Å². The van der Waals surface area contributed by atoms with E-state index in [1.807, 2.05) is 30.3 Å². The first-order valence-corrected chi connectivity index (χ1v) is 6.85. The van der Waals surface area contributed by atoms with Crippen LogP contribution in [-0.4, -0.2) is 42.9 Å². The van der Waals surface area contributed by atoms with Crippen LogP contribution in [0.4, 0.5) is 0 Å². The normalized spacial score (nSPS) is 27.2. The summed E-state index contributed by atoms with van der Waals surface area (Å²) in [5.41, 5.74) is 6.29. The number of nitrogens with two attached hydrogens (primary N) is 1. The van der Waals surface area contributed by atoms with Gasteiger partial charge < -0.3 is 20.9 Å². The van der Waals surface area contributed by atoms with Gasteiger partial charge in [-0.2, -0.15) is 0 Å². The van der Waals surface area contributed by atoms with Crippen molar-refractivity contribution in [3.63, 3.8) is 0 Å². The number of carbonyl (C=O) groups excluding carboxylic acids is 1. The fraction of sp³-hybridized carbons (Fsp3) is 0.533. The molecular formula is C15H22N2O3. The summed E-state index contributed by atoms with van der Waals surface area (Å²) in [6, 6.07) is 9.14. The zero-order valence-electron chi connectivity index (χ0n) is 11.7. The Bertz CT molecular complexity index is 452. The molecule has 0 saturated carbocycles. The van der Waals surface area contributed by atoms with Gasteiger partial charge in [0.15, 0.2) is 0 Å². The molecule has 1 amide bonds. The summed E-state index contributed by atoms with van der Waals surface area (Å²) in [7, 11) is 0. The third kappa shape index (κ3) is 3.17. The maximum atomic E-state index is 12.4. The summed E-state index contributed by atoms with van der Waals surface area (Å²) in [6.07, 6.45) is 0.593. The van der Waals surface area contributed by atoms with Gasteiger partial charge in [-0.3, -0.25) is 4.79 Å². The van der Waals surface area contributed by atoms with Gasteiger partial charge in [0.25, 0.3) is 0 Å². The fourth-order valence-corrected chi connectivity index (χ4v) is 2.33. The third-order valence-electron chi connectivity index (χ3n) is 3.92. The zero-order valence-corrected chi connectivity index (χ0v) is 11.7. The highest BCUT2D eigenvalue weighted by Crippen LogP contribution is 2.27. The molecule has 0 aliphatic carbocycles. The molecule has 1 heterocycles. The number of hydrogen-bond acceptors (Lipinski definition) is 4. The van der Waals surface area contributed by atoms with Gasteiger partial charge in [-0.25, -0.2) is 0 Å². The summed E-state index contributed by atoms with van der Waals surface area (Å²) in [5.74, 6) is -0.155. The van der Waals surface area contributed by atoms with Gasteiger partial charge in [-0.05, 0) is 18.9 Å². The number of benzene rings is 1. The molecule has 1 aliphatic rings. The van der Waals surface area contributed by atoms with Gasteiger partial charge in [-0.15, -0.1) is 0 Å². The van der Waals surface area contributed by atoms with Crippen LogP contribution in [0.25, 0.3) is 0 Å². The lowest BCUT2D eigenvalue weighted by Crippen LogP contribution is -2.53. The highest BCUT2D eigenvalue weighted by molar-refractivity contribution is 5.83. The lowest BCUT2D eigenvalue weighted by Gasteiger charge is -2.28. The van der Waals surface area contributed by atoms with E-state index in [0.29, 0.717) is 19.6 Å². The van der Waals surface area contributed by atoms with E-state index in [2.05, 4.69) is 5.32 Å². The topological polar surface area (TPSA) is 84.6 Å². The molecular weight excluding hydrogens is 256 g/mol. The molecule has 3 unspecified atom stereocenters. The van der Waals surface area contributed by atoms with Crippen molar-refractivity contribution in [2.45, 2.75) is 25.4 Å². The largest absolute Gasteiger partial charge is 0.394 e.